The van der Waals surface area contributed by atoms with Gasteiger partial charge in [-0.15, -0.1) is 11.3 Å². The molecule has 1 amide bonds. The van der Waals surface area contributed by atoms with Crippen LogP contribution in [0.5, 0.6) is 5.75 Å². The van der Waals surface area contributed by atoms with Gasteiger partial charge in [0.1, 0.15) is 17.4 Å². The number of benzene rings is 1. The highest BCUT2D eigenvalue weighted by molar-refractivity contribution is 9.11. The van der Waals surface area contributed by atoms with Gasteiger partial charge < -0.3 is 10.1 Å². The van der Waals surface area contributed by atoms with Crippen molar-refractivity contribution in [1.82, 2.24) is 0 Å². The third-order valence-electron chi connectivity index (χ3n) is 2.69. The fraction of sp³-hybridized carbons (Fsp3) is 0.125. The quantitative estimate of drug-likeness (QED) is 0.618. The number of amides is 1. The van der Waals surface area contributed by atoms with E-state index in [1.54, 1.807) is 30.3 Å². The predicted octanol–water partition coefficient (Wildman–Crippen LogP) is 4.45. The predicted molar refractivity (Wildman–Crippen MR) is 91.8 cm³/mol. The minimum absolute atomic E-state index is 0.0548. The van der Waals surface area contributed by atoms with Crippen molar-refractivity contribution in [1.29, 1.82) is 5.26 Å². The van der Waals surface area contributed by atoms with E-state index >= 15 is 0 Å². The number of ether oxygens (including phenoxy) is 1. The van der Waals surface area contributed by atoms with Crippen LogP contribution in [-0.4, -0.2) is 12.5 Å². The standard InChI is InChI=1S/C16H13BrN2O2S/c1-2-21-14-5-3-13(4-6-14)19-16(20)12(9-18)7-11-8-15(17)22-10-11/h3-8,10H,2H2,1H3,(H,19,20)/b12-7+. The van der Waals surface area contributed by atoms with Crippen molar-refractivity contribution in [2.75, 3.05) is 11.9 Å². The smallest absolute Gasteiger partial charge is 0.266 e. The zero-order chi connectivity index (χ0) is 15.9. The van der Waals surface area contributed by atoms with Crippen LogP contribution in [0, 0.1) is 11.3 Å². The lowest BCUT2D eigenvalue weighted by molar-refractivity contribution is -0.112. The molecule has 4 nitrogen and oxygen atoms in total. The molecule has 0 unspecified atom stereocenters. The van der Waals surface area contributed by atoms with Gasteiger partial charge in [-0.2, -0.15) is 5.26 Å². The number of anilines is 1. The Morgan fingerprint density at radius 2 is 2.18 bits per heavy atom. The molecule has 112 valence electrons. The Morgan fingerprint density at radius 1 is 1.45 bits per heavy atom. The number of carbonyl (C=O) groups is 1. The molecule has 1 aromatic carbocycles. The number of nitrogens with one attached hydrogen (secondary N) is 1. The molecule has 22 heavy (non-hydrogen) atoms. The Hall–Kier alpha value is -2.10. The normalized spacial score (nSPS) is 10.9. The van der Waals surface area contributed by atoms with Gasteiger partial charge in [0.05, 0.1) is 10.4 Å². The average molecular weight is 377 g/mol. The molecule has 0 aliphatic rings. The molecular weight excluding hydrogens is 364 g/mol. The molecule has 1 heterocycles. The minimum Gasteiger partial charge on any atom is -0.494 e. The van der Waals surface area contributed by atoms with Gasteiger partial charge in [-0.1, -0.05) is 0 Å². The summed E-state index contributed by atoms with van der Waals surface area (Å²) in [5, 5.41) is 13.7. The second-order valence-corrected chi connectivity index (χ2v) is 6.56. The molecule has 1 N–H and O–H groups in total. The third-order valence-corrected chi connectivity index (χ3v) is 4.21. The maximum atomic E-state index is 12.1. The van der Waals surface area contributed by atoms with Crippen molar-refractivity contribution < 1.29 is 9.53 Å². The summed E-state index contributed by atoms with van der Waals surface area (Å²) in [4.78, 5) is 12.1. The third kappa shape index (κ3) is 4.45. The monoisotopic (exact) mass is 376 g/mol. The van der Waals surface area contributed by atoms with Crippen LogP contribution in [0.25, 0.3) is 6.08 Å². The SMILES string of the molecule is CCOc1ccc(NC(=O)/C(C#N)=C/c2csc(Br)c2)cc1. The molecule has 0 aliphatic carbocycles. The lowest BCUT2D eigenvalue weighted by atomic mass is 10.2. The molecule has 2 rings (SSSR count). The second kappa shape index (κ2) is 7.78. The van der Waals surface area contributed by atoms with Gasteiger partial charge in [-0.3, -0.25) is 4.79 Å². The van der Waals surface area contributed by atoms with E-state index in [-0.39, 0.29) is 5.57 Å². The van der Waals surface area contributed by atoms with Crippen LogP contribution < -0.4 is 10.1 Å². The maximum Gasteiger partial charge on any atom is 0.266 e. The van der Waals surface area contributed by atoms with Crippen LogP contribution >= 0.6 is 27.3 Å². The van der Waals surface area contributed by atoms with Crippen LogP contribution in [-0.2, 0) is 4.79 Å². The topological polar surface area (TPSA) is 62.1 Å². The molecule has 0 fully saturated rings. The molecule has 0 radical (unpaired) electrons. The number of rotatable bonds is 5. The van der Waals surface area contributed by atoms with Gasteiger partial charge in [0.15, 0.2) is 0 Å². The molecule has 0 bridgehead atoms. The van der Waals surface area contributed by atoms with E-state index < -0.39 is 5.91 Å². The first-order valence-electron chi connectivity index (χ1n) is 6.52. The largest absolute Gasteiger partial charge is 0.494 e. The number of hydrogen-bond acceptors (Lipinski definition) is 4. The van der Waals surface area contributed by atoms with Crippen LogP contribution in [0.2, 0.25) is 0 Å². The van der Waals surface area contributed by atoms with E-state index in [1.165, 1.54) is 11.3 Å². The Balaban J connectivity index is 2.09. The second-order valence-electron chi connectivity index (χ2n) is 4.27. The number of hydrogen-bond donors (Lipinski definition) is 1. The van der Waals surface area contributed by atoms with Gasteiger partial charge in [-0.05, 0) is 70.2 Å². The summed E-state index contributed by atoms with van der Waals surface area (Å²) in [7, 11) is 0. The molecule has 0 aliphatic heterocycles. The zero-order valence-corrected chi connectivity index (χ0v) is 14.2. The number of nitriles is 1. The Kier molecular flexibility index (Phi) is 5.75. The molecule has 1 aromatic heterocycles. The van der Waals surface area contributed by atoms with E-state index in [1.807, 2.05) is 24.4 Å². The molecular formula is C16H13BrN2O2S. The zero-order valence-electron chi connectivity index (χ0n) is 11.8. The minimum atomic E-state index is -0.436. The summed E-state index contributed by atoms with van der Waals surface area (Å²) < 4.78 is 6.28. The van der Waals surface area contributed by atoms with E-state index in [4.69, 9.17) is 10.00 Å². The summed E-state index contributed by atoms with van der Waals surface area (Å²) in [6.07, 6.45) is 1.56. The van der Waals surface area contributed by atoms with Crippen LogP contribution in [0.1, 0.15) is 12.5 Å². The molecule has 0 atom stereocenters. The summed E-state index contributed by atoms with van der Waals surface area (Å²) in [6.45, 7) is 2.49. The van der Waals surface area contributed by atoms with E-state index in [0.717, 1.165) is 15.1 Å². The van der Waals surface area contributed by atoms with Crippen molar-refractivity contribution in [3.63, 3.8) is 0 Å². The molecule has 6 heteroatoms. The Morgan fingerprint density at radius 3 is 2.73 bits per heavy atom. The fourth-order valence-corrected chi connectivity index (χ4v) is 2.85. The van der Waals surface area contributed by atoms with Crippen molar-refractivity contribution in [3.05, 3.63) is 50.6 Å². The number of halogens is 1. The number of thiophene rings is 1. The average Bonchev–Trinajstić information content (AvgIpc) is 2.92. The van der Waals surface area contributed by atoms with Crippen LogP contribution in [0.15, 0.2) is 45.1 Å². The first kappa shape index (κ1) is 16.3. The van der Waals surface area contributed by atoms with E-state index in [2.05, 4.69) is 21.2 Å². The highest BCUT2D eigenvalue weighted by Crippen LogP contribution is 2.23. The van der Waals surface area contributed by atoms with E-state index in [9.17, 15) is 4.79 Å². The number of carbonyl (C=O) groups excluding carboxylic acids is 1. The Bertz CT molecular complexity index is 729. The molecule has 2 aromatic rings. The molecule has 0 saturated carbocycles. The van der Waals surface area contributed by atoms with Gasteiger partial charge in [-0.25, -0.2) is 0 Å². The lowest BCUT2D eigenvalue weighted by Crippen LogP contribution is -2.13. The van der Waals surface area contributed by atoms with Crippen molar-refractivity contribution in [2.24, 2.45) is 0 Å². The Labute approximate surface area is 141 Å². The summed E-state index contributed by atoms with van der Waals surface area (Å²) in [6, 6.07) is 10.8. The summed E-state index contributed by atoms with van der Waals surface area (Å²) in [5.41, 5.74) is 1.48. The first-order chi connectivity index (χ1) is 10.6. The molecule has 0 spiro atoms. The van der Waals surface area contributed by atoms with Crippen LogP contribution in [0.4, 0.5) is 5.69 Å². The van der Waals surface area contributed by atoms with Crippen molar-refractivity contribution in [3.8, 4) is 11.8 Å². The van der Waals surface area contributed by atoms with Gasteiger partial charge in [0.2, 0.25) is 0 Å². The van der Waals surface area contributed by atoms with Gasteiger partial charge >= 0.3 is 0 Å². The summed E-state index contributed by atoms with van der Waals surface area (Å²) in [5.74, 6) is 0.300. The van der Waals surface area contributed by atoms with E-state index in [0.29, 0.717) is 12.3 Å². The van der Waals surface area contributed by atoms with Gasteiger partial charge in [0.25, 0.3) is 5.91 Å². The summed E-state index contributed by atoms with van der Waals surface area (Å²) >= 11 is 4.84. The highest BCUT2D eigenvalue weighted by atomic mass is 79.9. The van der Waals surface area contributed by atoms with Crippen molar-refractivity contribution >= 4 is 44.9 Å². The highest BCUT2D eigenvalue weighted by Gasteiger charge is 2.10. The fourth-order valence-electron chi connectivity index (χ4n) is 1.71. The first-order valence-corrected chi connectivity index (χ1v) is 8.19. The van der Waals surface area contributed by atoms with Crippen molar-refractivity contribution in [2.45, 2.75) is 6.92 Å². The molecule has 0 saturated heterocycles. The van der Waals surface area contributed by atoms with Crippen LogP contribution in [0.3, 0.4) is 0 Å². The maximum absolute atomic E-state index is 12.1. The van der Waals surface area contributed by atoms with Gasteiger partial charge in [0, 0.05) is 5.69 Å². The lowest BCUT2D eigenvalue weighted by Gasteiger charge is -2.06. The number of nitrogens with zero attached hydrogens (tertiary/aromatic N) is 1.